The summed E-state index contributed by atoms with van der Waals surface area (Å²) in [7, 11) is 0. The molecule has 0 fully saturated rings. The molecule has 0 atom stereocenters. The van der Waals surface area contributed by atoms with Crippen molar-refractivity contribution in [2.24, 2.45) is 0 Å². The maximum absolute atomic E-state index is 11.1. The van der Waals surface area contributed by atoms with Crippen molar-refractivity contribution in [1.29, 1.82) is 0 Å². The molecule has 0 saturated carbocycles. The van der Waals surface area contributed by atoms with Crippen LogP contribution >= 0.6 is 11.3 Å². The zero-order chi connectivity index (χ0) is 17.9. The van der Waals surface area contributed by atoms with E-state index in [0.29, 0.717) is 12.2 Å². The summed E-state index contributed by atoms with van der Waals surface area (Å²) in [5.41, 5.74) is 2.60. The Morgan fingerprint density at radius 3 is 3.00 bits per heavy atom. The highest BCUT2D eigenvalue weighted by molar-refractivity contribution is 7.20. The van der Waals surface area contributed by atoms with Gasteiger partial charge in [0.2, 0.25) is 10.1 Å². The maximum Gasteiger partial charge on any atom is 0.335 e. The van der Waals surface area contributed by atoms with Gasteiger partial charge in [-0.1, -0.05) is 23.5 Å². The van der Waals surface area contributed by atoms with Crippen molar-refractivity contribution in [3.05, 3.63) is 60.3 Å². The summed E-state index contributed by atoms with van der Waals surface area (Å²) in [6.07, 6.45) is 7.61. The van der Waals surface area contributed by atoms with Gasteiger partial charge in [0.05, 0.1) is 23.1 Å². The van der Waals surface area contributed by atoms with E-state index in [-0.39, 0.29) is 5.56 Å². The number of fused-ring (bicyclic) bond motifs is 1. The first-order chi connectivity index (χ1) is 12.7. The Morgan fingerprint density at radius 2 is 2.23 bits per heavy atom. The molecule has 0 aliphatic heterocycles. The monoisotopic (exact) mass is 366 g/mol. The van der Waals surface area contributed by atoms with Crippen LogP contribution in [-0.2, 0) is 6.42 Å². The molecule has 4 aromatic rings. The van der Waals surface area contributed by atoms with Gasteiger partial charge in [-0.2, -0.15) is 0 Å². The lowest BCUT2D eigenvalue weighted by atomic mass is 10.1. The Balaban J connectivity index is 1.47. The third kappa shape index (κ3) is 3.38. The molecule has 1 aromatic carbocycles. The molecule has 0 aliphatic rings. The van der Waals surface area contributed by atoms with E-state index in [9.17, 15) is 4.79 Å². The molecule has 0 bridgehead atoms. The van der Waals surface area contributed by atoms with Gasteiger partial charge in [0.1, 0.15) is 0 Å². The molecule has 8 nitrogen and oxygen atoms in total. The predicted octanol–water partition coefficient (Wildman–Crippen LogP) is 2.60. The number of carbonyl (C=O) groups is 1. The van der Waals surface area contributed by atoms with Crippen LogP contribution in [0.2, 0.25) is 0 Å². The molecule has 0 radical (unpaired) electrons. The Labute approximate surface area is 152 Å². The fourth-order valence-corrected chi connectivity index (χ4v) is 3.29. The third-order valence-corrected chi connectivity index (χ3v) is 4.60. The van der Waals surface area contributed by atoms with E-state index in [1.165, 1.54) is 11.3 Å². The molecule has 0 unspecified atom stereocenters. The van der Waals surface area contributed by atoms with Gasteiger partial charge in [-0.3, -0.25) is 9.97 Å². The van der Waals surface area contributed by atoms with E-state index in [0.717, 1.165) is 27.8 Å². The summed E-state index contributed by atoms with van der Waals surface area (Å²) in [6.45, 7) is 0.697. The van der Waals surface area contributed by atoms with Crippen molar-refractivity contribution in [3.63, 3.8) is 0 Å². The number of rotatable bonds is 6. The predicted molar refractivity (Wildman–Crippen MR) is 97.5 cm³/mol. The lowest BCUT2D eigenvalue weighted by Crippen LogP contribution is -2.06. The SMILES string of the molecule is O=C(O)c1cccc(-c2cn3nc(NCCc4cnccn4)sc3n2)c1. The smallest absolute Gasteiger partial charge is 0.335 e. The summed E-state index contributed by atoms with van der Waals surface area (Å²) in [4.78, 5) is 24.6. The van der Waals surface area contributed by atoms with Gasteiger partial charge in [0, 0.05) is 37.1 Å². The molecular formula is C17H14N6O2S. The number of hydrogen-bond donors (Lipinski definition) is 2. The lowest BCUT2D eigenvalue weighted by Gasteiger charge is -2.01. The number of benzene rings is 1. The fourth-order valence-electron chi connectivity index (χ4n) is 2.48. The van der Waals surface area contributed by atoms with Gasteiger partial charge < -0.3 is 10.4 Å². The summed E-state index contributed by atoms with van der Waals surface area (Å²) in [5, 5.41) is 17.6. The number of aromatic carboxylic acids is 1. The molecule has 9 heteroatoms. The van der Waals surface area contributed by atoms with Crippen molar-refractivity contribution >= 4 is 27.4 Å². The van der Waals surface area contributed by atoms with Crippen LogP contribution in [0.1, 0.15) is 16.1 Å². The van der Waals surface area contributed by atoms with Crippen molar-refractivity contribution in [2.75, 3.05) is 11.9 Å². The van der Waals surface area contributed by atoms with Crippen LogP contribution in [0, 0.1) is 0 Å². The van der Waals surface area contributed by atoms with E-state index in [1.54, 1.807) is 47.5 Å². The van der Waals surface area contributed by atoms with Crippen LogP contribution in [-0.4, -0.2) is 42.2 Å². The molecule has 0 aliphatic carbocycles. The fraction of sp³-hybridized carbons (Fsp3) is 0.118. The van der Waals surface area contributed by atoms with Crippen LogP contribution in [0.25, 0.3) is 16.2 Å². The topological polar surface area (TPSA) is 105 Å². The minimum atomic E-state index is -0.958. The molecular weight excluding hydrogens is 352 g/mol. The molecule has 2 N–H and O–H groups in total. The van der Waals surface area contributed by atoms with Gasteiger partial charge in [-0.15, -0.1) is 5.10 Å². The second-order valence-electron chi connectivity index (χ2n) is 5.52. The molecule has 0 spiro atoms. The van der Waals surface area contributed by atoms with E-state index in [1.807, 2.05) is 6.07 Å². The Bertz CT molecular complexity index is 1030. The van der Waals surface area contributed by atoms with Gasteiger partial charge in [-0.25, -0.2) is 14.3 Å². The summed E-state index contributed by atoms with van der Waals surface area (Å²) >= 11 is 1.44. The van der Waals surface area contributed by atoms with Crippen LogP contribution in [0.3, 0.4) is 0 Å². The highest BCUT2D eigenvalue weighted by Crippen LogP contribution is 2.25. The largest absolute Gasteiger partial charge is 0.478 e. The van der Waals surface area contributed by atoms with Crippen LogP contribution < -0.4 is 5.32 Å². The average molecular weight is 366 g/mol. The zero-order valence-corrected chi connectivity index (χ0v) is 14.3. The summed E-state index contributed by atoms with van der Waals surface area (Å²) < 4.78 is 1.69. The number of hydrogen-bond acceptors (Lipinski definition) is 7. The van der Waals surface area contributed by atoms with Crippen LogP contribution in [0.4, 0.5) is 5.13 Å². The second kappa shape index (κ2) is 6.89. The third-order valence-electron chi connectivity index (χ3n) is 3.72. The van der Waals surface area contributed by atoms with Gasteiger partial charge in [-0.05, 0) is 12.1 Å². The first kappa shape index (κ1) is 16.2. The number of nitrogens with zero attached hydrogens (tertiary/aromatic N) is 5. The van der Waals surface area contributed by atoms with Crippen LogP contribution in [0.15, 0.2) is 49.1 Å². The van der Waals surface area contributed by atoms with Crippen molar-refractivity contribution < 1.29 is 9.90 Å². The number of imidazole rings is 1. The summed E-state index contributed by atoms with van der Waals surface area (Å²) in [5.74, 6) is -0.958. The van der Waals surface area contributed by atoms with Gasteiger partial charge in [0.15, 0.2) is 0 Å². The van der Waals surface area contributed by atoms with Gasteiger partial charge in [0.25, 0.3) is 0 Å². The highest BCUT2D eigenvalue weighted by Gasteiger charge is 2.11. The van der Waals surface area contributed by atoms with Crippen LogP contribution in [0.5, 0.6) is 0 Å². The van der Waals surface area contributed by atoms with Gasteiger partial charge >= 0.3 is 5.97 Å². The standard InChI is InChI=1S/C17H14N6O2S/c24-15(25)12-3-1-2-11(8-12)14-10-23-17(21-14)26-16(22-23)20-5-4-13-9-18-6-7-19-13/h1-3,6-10H,4-5H2,(H,20,22)(H,24,25). The molecule has 4 rings (SSSR count). The molecule has 0 saturated heterocycles. The molecule has 130 valence electrons. The molecule has 3 heterocycles. The molecule has 26 heavy (non-hydrogen) atoms. The lowest BCUT2D eigenvalue weighted by molar-refractivity contribution is 0.0697. The molecule has 0 amide bonds. The quantitative estimate of drug-likeness (QED) is 0.540. The van der Waals surface area contributed by atoms with E-state index in [4.69, 9.17) is 5.11 Å². The first-order valence-corrected chi connectivity index (χ1v) is 8.69. The number of nitrogens with one attached hydrogen (secondary N) is 1. The number of carboxylic acid groups (broad SMARTS) is 1. The Kier molecular flexibility index (Phi) is 4.28. The summed E-state index contributed by atoms with van der Waals surface area (Å²) in [6, 6.07) is 6.70. The van der Waals surface area contributed by atoms with E-state index >= 15 is 0 Å². The maximum atomic E-state index is 11.1. The number of carboxylic acids is 1. The van der Waals surface area contributed by atoms with E-state index in [2.05, 4.69) is 25.4 Å². The van der Waals surface area contributed by atoms with Crippen molar-refractivity contribution in [2.45, 2.75) is 6.42 Å². The number of aromatic nitrogens is 5. The van der Waals surface area contributed by atoms with E-state index < -0.39 is 5.97 Å². The Morgan fingerprint density at radius 1 is 1.31 bits per heavy atom. The second-order valence-corrected chi connectivity index (χ2v) is 6.48. The highest BCUT2D eigenvalue weighted by atomic mass is 32.1. The normalized spacial score (nSPS) is 10.9. The zero-order valence-electron chi connectivity index (χ0n) is 13.5. The average Bonchev–Trinajstić information content (AvgIpc) is 3.21. The Hall–Kier alpha value is -3.33. The minimum absolute atomic E-state index is 0.234. The molecule has 3 aromatic heterocycles. The van der Waals surface area contributed by atoms with Crippen molar-refractivity contribution in [3.8, 4) is 11.3 Å². The number of anilines is 1. The van der Waals surface area contributed by atoms with Crippen molar-refractivity contribution in [1.82, 2.24) is 24.6 Å². The minimum Gasteiger partial charge on any atom is -0.478 e. The first-order valence-electron chi connectivity index (χ1n) is 7.88.